The van der Waals surface area contributed by atoms with Crippen LogP contribution in [0.2, 0.25) is 0 Å². The molecular weight excluding hydrogens is 264 g/mol. The fourth-order valence-corrected chi connectivity index (χ4v) is 2.88. The van der Waals surface area contributed by atoms with Crippen molar-refractivity contribution in [1.29, 1.82) is 0 Å². The van der Waals surface area contributed by atoms with Gasteiger partial charge in [-0.15, -0.1) is 0 Å². The van der Waals surface area contributed by atoms with Crippen LogP contribution in [0.1, 0.15) is 6.42 Å². The zero-order valence-corrected chi connectivity index (χ0v) is 12.5. The maximum atomic E-state index is 5.60. The third-order valence-electron chi connectivity index (χ3n) is 3.85. The van der Waals surface area contributed by atoms with Gasteiger partial charge in [-0.2, -0.15) is 0 Å². The Morgan fingerprint density at radius 3 is 2.38 bits per heavy atom. The van der Waals surface area contributed by atoms with Crippen molar-refractivity contribution < 1.29 is 14.2 Å². The molecule has 2 aliphatic rings. The van der Waals surface area contributed by atoms with E-state index < -0.39 is 0 Å². The van der Waals surface area contributed by atoms with Gasteiger partial charge in [0.2, 0.25) is 0 Å². The largest absolute Gasteiger partial charge is 0.497 e. The fraction of sp³-hybridized carbons (Fsp3) is 0.222. The van der Waals surface area contributed by atoms with Crippen molar-refractivity contribution >= 4 is 11.6 Å². The molecule has 0 spiro atoms. The van der Waals surface area contributed by atoms with Crippen LogP contribution in [0.25, 0.3) is 11.6 Å². The number of hydrogen-bond acceptors (Lipinski definition) is 3. The van der Waals surface area contributed by atoms with E-state index in [1.807, 2.05) is 12.1 Å². The topological polar surface area (TPSA) is 27.7 Å². The molecule has 0 saturated carbocycles. The van der Waals surface area contributed by atoms with Crippen LogP contribution in [0, 0.1) is 0 Å². The summed E-state index contributed by atoms with van der Waals surface area (Å²) >= 11 is 0. The molecule has 0 aliphatic heterocycles. The van der Waals surface area contributed by atoms with Gasteiger partial charge in [-0.25, -0.2) is 0 Å². The monoisotopic (exact) mass is 282 g/mol. The summed E-state index contributed by atoms with van der Waals surface area (Å²) in [6, 6.07) is 8.35. The Morgan fingerprint density at radius 2 is 1.67 bits per heavy atom. The van der Waals surface area contributed by atoms with E-state index in [9.17, 15) is 0 Å². The first kappa shape index (κ1) is 13.6. The molecule has 0 bridgehead atoms. The second kappa shape index (κ2) is 5.52. The number of ether oxygens (including phenoxy) is 3. The van der Waals surface area contributed by atoms with Crippen molar-refractivity contribution in [3.05, 3.63) is 69.7 Å². The van der Waals surface area contributed by atoms with Crippen molar-refractivity contribution in [1.82, 2.24) is 0 Å². The lowest BCUT2D eigenvalue weighted by molar-refractivity contribution is 0.179. The number of methoxy groups -OCH3 is 3. The van der Waals surface area contributed by atoms with Gasteiger partial charge < -0.3 is 14.2 Å². The highest BCUT2D eigenvalue weighted by Gasteiger charge is 2.27. The SMILES string of the molecule is COC1=C(OC)C(OC)=C2C=CC=c3ccccc3=C2C1. The molecule has 0 saturated heterocycles. The number of fused-ring (bicyclic) bond motifs is 2. The number of hydrogen-bond donors (Lipinski definition) is 0. The van der Waals surface area contributed by atoms with Gasteiger partial charge in [0, 0.05) is 12.0 Å². The van der Waals surface area contributed by atoms with Gasteiger partial charge in [0.25, 0.3) is 0 Å². The second-order valence-corrected chi connectivity index (χ2v) is 4.88. The predicted molar refractivity (Wildman–Crippen MR) is 82.4 cm³/mol. The normalized spacial score (nSPS) is 16.8. The van der Waals surface area contributed by atoms with Crippen molar-refractivity contribution in [3.63, 3.8) is 0 Å². The molecule has 3 heteroatoms. The Kier molecular flexibility index (Phi) is 3.57. The molecule has 0 radical (unpaired) electrons. The Labute approximate surface area is 124 Å². The quantitative estimate of drug-likeness (QED) is 0.848. The molecule has 0 fully saturated rings. The van der Waals surface area contributed by atoms with E-state index in [0.29, 0.717) is 12.2 Å². The van der Waals surface area contributed by atoms with Crippen LogP contribution in [-0.4, -0.2) is 21.3 Å². The van der Waals surface area contributed by atoms with Gasteiger partial charge in [0.05, 0.1) is 21.3 Å². The van der Waals surface area contributed by atoms with Gasteiger partial charge in [-0.3, -0.25) is 0 Å². The van der Waals surface area contributed by atoms with E-state index in [4.69, 9.17) is 14.2 Å². The first-order valence-corrected chi connectivity index (χ1v) is 6.87. The zero-order chi connectivity index (χ0) is 14.8. The van der Waals surface area contributed by atoms with Crippen molar-refractivity contribution in [2.45, 2.75) is 6.42 Å². The highest BCUT2D eigenvalue weighted by Crippen LogP contribution is 2.36. The average Bonchev–Trinajstić information content (AvgIpc) is 2.72. The minimum absolute atomic E-state index is 0.669. The van der Waals surface area contributed by atoms with Gasteiger partial charge in [0.15, 0.2) is 11.5 Å². The third kappa shape index (κ3) is 2.15. The molecule has 2 aliphatic carbocycles. The van der Waals surface area contributed by atoms with Gasteiger partial charge in [0.1, 0.15) is 5.76 Å². The molecule has 21 heavy (non-hydrogen) atoms. The smallest absolute Gasteiger partial charge is 0.199 e. The lowest BCUT2D eigenvalue weighted by Gasteiger charge is -2.24. The molecule has 0 unspecified atom stereocenters. The highest BCUT2D eigenvalue weighted by molar-refractivity contribution is 5.77. The molecule has 1 aromatic rings. The van der Waals surface area contributed by atoms with Crippen molar-refractivity contribution in [2.24, 2.45) is 0 Å². The van der Waals surface area contributed by atoms with Crippen LogP contribution in [-0.2, 0) is 14.2 Å². The van der Waals surface area contributed by atoms with E-state index in [-0.39, 0.29) is 0 Å². The number of allylic oxidation sites excluding steroid dienone is 4. The Morgan fingerprint density at radius 1 is 0.905 bits per heavy atom. The molecule has 0 heterocycles. The minimum Gasteiger partial charge on any atom is -0.497 e. The Bertz CT molecular complexity index is 779. The Balaban J connectivity index is 2.38. The summed E-state index contributed by atoms with van der Waals surface area (Å²) in [5.74, 6) is 2.18. The van der Waals surface area contributed by atoms with E-state index in [1.54, 1.807) is 21.3 Å². The molecule has 0 N–H and O–H groups in total. The molecule has 0 aromatic heterocycles. The maximum absolute atomic E-state index is 5.60. The summed E-state index contributed by atoms with van der Waals surface area (Å²) in [7, 11) is 4.96. The lowest BCUT2D eigenvalue weighted by atomic mass is 9.92. The summed E-state index contributed by atoms with van der Waals surface area (Å²) in [6.45, 7) is 0. The van der Waals surface area contributed by atoms with Crippen LogP contribution in [0.5, 0.6) is 0 Å². The van der Waals surface area contributed by atoms with Gasteiger partial charge >= 0.3 is 0 Å². The molecule has 1 aromatic carbocycles. The van der Waals surface area contributed by atoms with Gasteiger partial charge in [-0.1, -0.05) is 42.5 Å². The van der Waals surface area contributed by atoms with E-state index in [2.05, 4.69) is 30.4 Å². The van der Waals surface area contributed by atoms with Gasteiger partial charge in [-0.05, 0) is 16.0 Å². The summed E-state index contributed by atoms with van der Waals surface area (Å²) in [5.41, 5.74) is 2.25. The first-order valence-electron chi connectivity index (χ1n) is 6.87. The summed E-state index contributed by atoms with van der Waals surface area (Å²) in [5, 5.41) is 2.40. The molecule has 3 nitrogen and oxygen atoms in total. The molecular formula is C18H18O3. The maximum Gasteiger partial charge on any atom is 0.199 e. The van der Waals surface area contributed by atoms with Crippen LogP contribution in [0.4, 0.5) is 0 Å². The third-order valence-corrected chi connectivity index (χ3v) is 3.85. The van der Waals surface area contributed by atoms with Crippen molar-refractivity contribution in [3.8, 4) is 0 Å². The van der Waals surface area contributed by atoms with Crippen LogP contribution >= 0.6 is 0 Å². The number of rotatable bonds is 3. The molecule has 108 valence electrons. The fourth-order valence-electron chi connectivity index (χ4n) is 2.88. The number of benzene rings is 1. The standard InChI is InChI=1S/C18H18O3/c1-19-16-11-15-13-9-5-4-7-12(13)8-6-10-14(15)17(20-2)18(16)21-3/h4-10H,11H2,1-3H3. The van der Waals surface area contributed by atoms with E-state index >= 15 is 0 Å². The van der Waals surface area contributed by atoms with Crippen LogP contribution in [0.15, 0.2) is 59.3 Å². The average molecular weight is 282 g/mol. The van der Waals surface area contributed by atoms with Crippen LogP contribution < -0.4 is 10.4 Å². The summed E-state index contributed by atoms with van der Waals surface area (Å²) in [6.07, 6.45) is 6.92. The first-order chi connectivity index (χ1) is 10.3. The van der Waals surface area contributed by atoms with E-state index in [1.165, 1.54) is 16.0 Å². The van der Waals surface area contributed by atoms with Crippen molar-refractivity contribution in [2.75, 3.05) is 21.3 Å². The highest BCUT2D eigenvalue weighted by atomic mass is 16.5. The zero-order valence-electron chi connectivity index (χ0n) is 12.5. The predicted octanol–water partition coefficient (Wildman–Crippen LogP) is 2.00. The summed E-state index contributed by atoms with van der Waals surface area (Å²) < 4.78 is 16.6. The lowest BCUT2D eigenvalue weighted by Crippen LogP contribution is -2.28. The molecule has 3 rings (SSSR count). The summed E-state index contributed by atoms with van der Waals surface area (Å²) in [4.78, 5) is 0. The molecule has 0 atom stereocenters. The second-order valence-electron chi connectivity index (χ2n) is 4.88. The Hall–Kier alpha value is -2.42. The van der Waals surface area contributed by atoms with Crippen LogP contribution in [0.3, 0.4) is 0 Å². The van der Waals surface area contributed by atoms with E-state index in [0.717, 1.165) is 17.1 Å². The molecule has 0 amide bonds. The minimum atomic E-state index is 0.669.